The number of benzene rings is 2. The van der Waals surface area contributed by atoms with E-state index in [1.165, 1.54) is 6.07 Å². The first kappa shape index (κ1) is 13.8. The minimum atomic E-state index is -0.506. The van der Waals surface area contributed by atoms with Crippen molar-refractivity contribution in [3.63, 3.8) is 0 Å². The highest BCUT2D eigenvalue weighted by atomic mass is 19.1. The van der Waals surface area contributed by atoms with Crippen molar-refractivity contribution in [2.24, 2.45) is 5.73 Å². The molecule has 2 aromatic rings. The molecule has 3 nitrogen and oxygen atoms in total. The molecule has 21 heavy (non-hydrogen) atoms. The first-order chi connectivity index (χ1) is 10.0. The molecule has 0 aromatic heterocycles. The van der Waals surface area contributed by atoms with E-state index in [1.54, 1.807) is 6.07 Å². The molecule has 0 aliphatic carbocycles. The van der Waals surface area contributed by atoms with Crippen LogP contribution in [0.5, 0.6) is 0 Å². The molecule has 0 saturated carbocycles. The summed E-state index contributed by atoms with van der Waals surface area (Å²) in [5.41, 5.74) is 10.3. The van der Waals surface area contributed by atoms with Gasteiger partial charge in [0, 0.05) is 17.7 Å². The standard InChI is InChI=1S/C17H17FN2O/c1-10-2-5-13(14(18)8-10)17(19)12-3-6-15-11(9-12)4-7-16(21)20-15/h2-3,5-6,8-9,17H,4,7,19H2,1H3,(H,20,21). The Morgan fingerprint density at radius 2 is 2.00 bits per heavy atom. The number of fused-ring (bicyclic) bond motifs is 1. The van der Waals surface area contributed by atoms with Gasteiger partial charge in [-0.15, -0.1) is 0 Å². The Labute approximate surface area is 123 Å². The molecule has 0 bridgehead atoms. The fraction of sp³-hybridized carbons (Fsp3) is 0.235. The second kappa shape index (κ2) is 5.30. The van der Waals surface area contributed by atoms with Crippen LogP contribution in [0.25, 0.3) is 0 Å². The Balaban J connectivity index is 1.95. The molecule has 1 atom stereocenters. The Morgan fingerprint density at radius 1 is 1.19 bits per heavy atom. The van der Waals surface area contributed by atoms with Gasteiger partial charge in [-0.25, -0.2) is 4.39 Å². The number of carbonyl (C=O) groups is 1. The highest BCUT2D eigenvalue weighted by molar-refractivity contribution is 5.93. The van der Waals surface area contributed by atoms with E-state index in [-0.39, 0.29) is 11.7 Å². The maximum atomic E-state index is 14.0. The molecule has 3 N–H and O–H groups in total. The first-order valence-corrected chi connectivity index (χ1v) is 6.99. The van der Waals surface area contributed by atoms with Gasteiger partial charge in [0.2, 0.25) is 5.91 Å². The summed E-state index contributed by atoms with van der Waals surface area (Å²) in [7, 11) is 0. The van der Waals surface area contributed by atoms with E-state index in [9.17, 15) is 9.18 Å². The Hall–Kier alpha value is -2.20. The minimum absolute atomic E-state index is 0.0316. The Kier molecular flexibility index (Phi) is 3.47. The van der Waals surface area contributed by atoms with E-state index in [4.69, 9.17) is 5.73 Å². The third-order valence-electron chi connectivity index (χ3n) is 3.87. The van der Waals surface area contributed by atoms with Crippen LogP contribution < -0.4 is 11.1 Å². The smallest absolute Gasteiger partial charge is 0.224 e. The summed E-state index contributed by atoms with van der Waals surface area (Å²) in [4.78, 5) is 11.4. The van der Waals surface area contributed by atoms with Crippen LogP contribution >= 0.6 is 0 Å². The van der Waals surface area contributed by atoms with E-state index in [1.807, 2.05) is 31.2 Å². The predicted octanol–water partition coefficient (Wildman–Crippen LogP) is 3.07. The molecule has 1 aliphatic rings. The van der Waals surface area contributed by atoms with Crippen molar-refractivity contribution in [1.29, 1.82) is 0 Å². The van der Waals surface area contributed by atoms with Gasteiger partial charge in [0.25, 0.3) is 0 Å². The van der Waals surface area contributed by atoms with Gasteiger partial charge in [0.1, 0.15) is 5.82 Å². The van der Waals surface area contributed by atoms with Gasteiger partial charge in [-0.1, -0.05) is 24.3 Å². The largest absolute Gasteiger partial charge is 0.326 e. The maximum Gasteiger partial charge on any atom is 0.224 e. The van der Waals surface area contributed by atoms with Gasteiger partial charge in [-0.2, -0.15) is 0 Å². The van der Waals surface area contributed by atoms with Crippen molar-refractivity contribution in [3.05, 3.63) is 64.5 Å². The van der Waals surface area contributed by atoms with Crippen LogP contribution in [0, 0.1) is 12.7 Å². The van der Waals surface area contributed by atoms with Gasteiger partial charge < -0.3 is 11.1 Å². The van der Waals surface area contributed by atoms with Crippen molar-refractivity contribution in [2.45, 2.75) is 25.8 Å². The second-order valence-corrected chi connectivity index (χ2v) is 5.47. The van der Waals surface area contributed by atoms with Crippen LogP contribution in [0.2, 0.25) is 0 Å². The highest BCUT2D eigenvalue weighted by Crippen LogP contribution is 2.29. The van der Waals surface area contributed by atoms with E-state index >= 15 is 0 Å². The SMILES string of the molecule is Cc1ccc(C(N)c2ccc3c(c2)CCC(=O)N3)c(F)c1. The minimum Gasteiger partial charge on any atom is -0.326 e. The lowest BCUT2D eigenvalue weighted by Gasteiger charge is -2.20. The van der Waals surface area contributed by atoms with Gasteiger partial charge in [0.05, 0.1) is 6.04 Å². The molecule has 4 heteroatoms. The van der Waals surface area contributed by atoms with Crippen LogP contribution in [0.15, 0.2) is 36.4 Å². The number of nitrogens with two attached hydrogens (primary N) is 1. The Bertz CT molecular complexity index is 712. The molecule has 2 aromatic carbocycles. The van der Waals surface area contributed by atoms with Gasteiger partial charge in [0.15, 0.2) is 0 Å². The fourth-order valence-electron chi connectivity index (χ4n) is 2.66. The summed E-state index contributed by atoms with van der Waals surface area (Å²) < 4.78 is 14.0. The molecular formula is C17H17FN2O. The topological polar surface area (TPSA) is 55.1 Å². The quantitative estimate of drug-likeness (QED) is 0.890. The molecule has 0 fully saturated rings. The van der Waals surface area contributed by atoms with Crippen molar-refractivity contribution >= 4 is 11.6 Å². The number of hydrogen-bond acceptors (Lipinski definition) is 2. The summed E-state index contributed by atoms with van der Waals surface area (Å²) >= 11 is 0. The summed E-state index contributed by atoms with van der Waals surface area (Å²) in [6.45, 7) is 1.85. The number of rotatable bonds is 2. The lowest BCUT2D eigenvalue weighted by Crippen LogP contribution is -2.20. The van der Waals surface area contributed by atoms with Crippen molar-refractivity contribution < 1.29 is 9.18 Å². The number of halogens is 1. The molecule has 1 aliphatic heterocycles. The lowest BCUT2D eigenvalue weighted by molar-refractivity contribution is -0.116. The van der Waals surface area contributed by atoms with E-state index in [0.29, 0.717) is 18.4 Å². The van der Waals surface area contributed by atoms with E-state index in [0.717, 1.165) is 22.4 Å². The molecule has 0 radical (unpaired) electrons. The third-order valence-corrected chi connectivity index (χ3v) is 3.87. The summed E-state index contributed by atoms with van der Waals surface area (Å²) in [5, 5.41) is 2.83. The van der Waals surface area contributed by atoms with Crippen molar-refractivity contribution in [3.8, 4) is 0 Å². The average Bonchev–Trinajstić information content (AvgIpc) is 2.46. The third kappa shape index (κ3) is 2.67. The van der Waals surface area contributed by atoms with Gasteiger partial charge >= 0.3 is 0 Å². The van der Waals surface area contributed by atoms with Gasteiger partial charge in [-0.3, -0.25) is 4.79 Å². The van der Waals surface area contributed by atoms with Crippen LogP contribution in [0.3, 0.4) is 0 Å². The molecule has 3 rings (SSSR count). The summed E-state index contributed by atoms with van der Waals surface area (Å²) in [5.74, 6) is -0.252. The normalized spacial score (nSPS) is 15.3. The van der Waals surface area contributed by atoms with E-state index < -0.39 is 6.04 Å². The lowest BCUT2D eigenvalue weighted by atomic mass is 9.93. The number of carbonyl (C=O) groups excluding carboxylic acids is 1. The zero-order chi connectivity index (χ0) is 15.0. The molecule has 0 saturated heterocycles. The molecule has 108 valence electrons. The highest BCUT2D eigenvalue weighted by Gasteiger charge is 2.18. The zero-order valence-electron chi connectivity index (χ0n) is 11.8. The molecule has 1 unspecified atom stereocenters. The van der Waals surface area contributed by atoms with Crippen LogP contribution in [-0.4, -0.2) is 5.91 Å². The molecule has 1 amide bonds. The predicted molar refractivity (Wildman–Crippen MR) is 80.6 cm³/mol. The van der Waals surface area contributed by atoms with Crippen LogP contribution in [-0.2, 0) is 11.2 Å². The Morgan fingerprint density at radius 3 is 2.76 bits per heavy atom. The number of anilines is 1. The van der Waals surface area contributed by atoms with Crippen LogP contribution in [0.4, 0.5) is 10.1 Å². The van der Waals surface area contributed by atoms with Crippen molar-refractivity contribution in [1.82, 2.24) is 0 Å². The number of nitrogens with one attached hydrogen (secondary N) is 1. The number of aryl methyl sites for hydroxylation is 2. The number of amides is 1. The summed E-state index contributed by atoms with van der Waals surface area (Å²) in [6.07, 6.45) is 1.17. The first-order valence-electron chi connectivity index (χ1n) is 6.99. The summed E-state index contributed by atoms with van der Waals surface area (Å²) in [6, 6.07) is 10.2. The zero-order valence-corrected chi connectivity index (χ0v) is 11.8. The monoisotopic (exact) mass is 284 g/mol. The number of hydrogen-bond donors (Lipinski definition) is 2. The molecular weight excluding hydrogens is 267 g/mol. The van der Waals surface area contributed by atoms with E-state index in [2.05, 4.69) is 5.32 Å². The van der Waals surface area contributed by atoms with Crippen LogP contribution in [0.1, 0.15) is 34.7 Å². The molecule has 0 spiro atoms. The fourth-order valence-corrected chi connectivity index (χ4v) is 2.66. The average molecular weight is 284 g/mol. The van der Waals surface area contributed by atoms with Crippen molar-refractivity contribution in [2.75, 3.05) is 5.32 Å². The van der Waals surface area contributed by atoms with Gasteiger partial charge in [-0.05, 0) is 42.2 Å². The maximum absolute atomic E-state index is 14.0. The molecule has 1 heterocycles. The second-order valence-electron chi connectivity index (χ2n) is 5.47.